The number of fused-ring (bicyclic) bond motifs is 1. The summed E-state index contributed by atoms with van der Waals surface area (Å²) in [6, 6.07) is 15.6. The lowest BCUT2D eigenvalue weighted by Crippen LogP contribution is -2.46. The third-order valence-corrected chi connectivity index (χ3v) is 8.97. The Morgan fingerprint density at radius 2 is 1.65 bits per heavy atom. The van der Waals surface area contributed by atoms with Crippen LogP contribution in [-0.4, -0.2) is 70.6 Å². The van der Waals surface area contributed by atoms with Crippen LogP contribution in [0, 0.1) is 5.92 Å². The first kappa shape index (κ1) is 33.5. The normalized spacial score (nSPS) is 18.6. The summed E-state index contributed by atoms with van der Waals surface area (Å²) in [6.45, 7) is 6.69. The van der Waals surface area contributed by atoms with Gasteiger partial charge in [-0.25, -0.2) is 14.8 Å². The highest BCUT2D eigenvalue weighted by Crippen LogP contribution is 2.31. The van der Waals surface area contributed by atoms with E-state index in [0.29, 0.717) is 36.8 Å². The number of anilines is 3. The zero-order chi connectivity index (χ0) is 34.5. The van der Waals surface area contributed by atoms with Crippen molar-refractivity contribution in [3.05, 3.63) is 103 Å². The number of piperidine rings is 1. The van der Waals surface area contributed by atoms with Crippen molar-refractivity contribution in [2.75, 3.05) is 35.7 Å². The van der Waals surface area contributed by atoms with Gasteiger partial charge in [0, 0.05) is 44.5 Å². The van der Waals surface area contributed by atoms with E-state index < -0.39 is 17.6 Å². The van der Waals surface area contributed by atoms with E-state index in [1.54, 1.807) is 26.8 Å². The Hall–Kier alpha value is -5.45. The van der Waals surface area contributed by atoms with Crippen LogP contribution in [0.1, 0.15) is 50.4 Å². The molecule has 1 fully saturated rings. The number of likely N-dealkylation sites (tertiary alicyclic amines) is 1. The van der Waals surface area contributed by atoms with Crippen LogP contribution in [0.2, 0.25) is 0 Å². The number of carbonyl (C=O) groups is 3. The first-order valence-corrected chi connectivity index (χ1v) is 16.7. The number of benzene rings is 2. The van der Waals surface area contributed by atoms with E-state index in [-0.39, 0.29) is 29.5 Å². The molecule has 0 radical (unpaired) electrons. The van der Waals surface area contributed by atoms with Crippen LogP contribution in [-0.2, 0) is 9.53 Å². The van der Waals surface area contributed by atoms with Gasteiger partial charge in [0.2, 0.25) is 11.9 Å². The molecule has 2 atom stereocenters. The fraction of sp³-hybridized carbons (Fsp3) is 0.342. The summed E-state index contributed by atoms with van der Waals surface area (Å²) in [5, 5.41) is 9.04. The molecular weight excluding hydrogens is 618 g/mol. The minimum absolute atomic E-state index is 0.156. The second-order valence-corrected chi connectivity index (χ2v) is 13.6. The molecular formula is C38H43N7O4. The van der Waals surface area contributed by atoms with E-state index in [0.717, 1.165) is 29.5 Å². The number of ether oxygens (including phenoxy) is 1. The van der Waals surface area contributed by atoms with Gasteiger partial charge in [0.1, 0.15) is 5.60 Å². The van der Waals surface area contributed by atoms with Crippen molar-refractivity contribution in [1.29, 1.82) is 0 Å². The standard InChI is InChI=1S/C38H43N7O4/c1-38(2,3)49-37(48)43-32-15-14-26(25-10-6-5-7-11-25)20-33(32)42-35(47)28-23-40-36(41-24-28)44(4)29-16-18-45(19-17-29)34(46)21-27-22-39-31-13-9-8-12-30(27)31/h5-15,20,22-24,29-31,39H,16-19,21H2,1-4H3,(H,42,47)(H,43,48). The number of nitrogens with one attached hydrogen (secondary N) is 3. The Bertz CT molecular complexity index is 1770. The van der Waals surface area contributed by atoms with Crippen LogP contribution in [0.3, 0.4) is 0 Å². The molecule has 3 heterocycles. The minimum atomic E-state index is -0.682. The molecule has 11 nitrogen and oxygen atoms in total. The van der Waals surface area contributed by atoms with Crippen LogP contribution in [0.5, 0.6) is 0 Å². The molecule has 49 heavy (non-hydrogen) atoms. The van der Waals surface area contributed by atoms with Crippen LogP contribution in [0.4, 0.5) is 22.1 Å². The highest BCUT2D eigenvalue weighted by molar-refractivity contribution is 6.07. The van der Waals surface area contributed by atoms with Crippen molar-refractivity contribution in [2.24, 2.45) is 5.92 Å². The van der Waals surface area contributed by atoms with Gasteiger partial charge in [-0.1, -0.05) is 60.7 Å². The minimum Gasteiger partial charge on any atom is -0.444 e. The summed E-state index contributed by atoms with van der Waals surface area (Å²) < 4.78 is 5.43. The molecule has 2 unspecified atom stereocenters. The topological polar surface area (TPSA) is 129 Å². The lowest BCUT2D eigenvalue weighted by Gasteiger charge is -2.37. The van der Waals surface area contributed by atoms with Crippen LogP contribution in [0.15, 0.2) is 97.0 Å². The third kappa shape index (κ3) is 8.17. The molecule has 3 aromatic rings. The zero-order valence-electron chi connectivity index (χ0n) is 28.3. The van der Waals surface area contributed by atoms with Gasteiger partial charge in [-0.3, -0.25) is 14.9 Å². The second kappa shape index (κ2) is 14.3. The van der Waals surface area contributed by atoms with Gasteiger partial charge in [0.05, 0.1) is 29.4 Å². The molecule has 0 spiro atoms. The Kier molecular flexibility index (Phi) is 9.80. The first-order chi connectivity index (χ1) is 23.5. The molecule has 1 aromatic heterocycles. The summed E-state index contributed by atoms with van der Waals surface area (Å²) in [5.74, 6) is 0.487. The van der Waals surface area contributed by atoms with Crippen molar-refractivity contribution >= 4 is 35.2 Å². The molecule has 3 aliphatic rings. The van der Waals surface area contributed by atoms with Crippen LogP contribution in [0.25, 0.3) is 11.1 Å². The van der Waals surface area contributed by atoms with Gasteiger partial charge < -0.3 is 25.2 Å². The number of hydrogen-bond donors (Lipinski definition) is 3. The van der Waals surface area contributed by atoms with Gasteiger partial charge in [-0.05, 0) is 68.6 Å². The average molecular weight is 662 g/mol. The maximum Gasteiger partial charge on any atom is 0.412 e. The van der Waals surface area contributed by atoms with Gasteiger partial charge in [-0.15, -0.1) is 0 Å². The molecule has 6 rings (SSSR count). The molecule has 3 amide bonds. The Balaban J connectivity index is 1.07. The number of allylic oxidation sites excluding steroid dienone is 2. The Labute approximate surface area is 287 Å². The molecule has 1 aliphatic carbocycles. The van der Waals surface area contributed by atoms with E-state index >= 15 is 0 Å². The lowest BCUT2D eigenvalue weighted by atomic mass is 9.89. The van der Waals surface area contributed by atoms with Crippen molar-refractivity contribution in [2.45, 2.75) is 57.7 Å². The van der Waals surface area contributed by atoms with Crippen molar-refractivity contribution in [3.63, 3.8) is 0 Å². The van der Waals surface area contributed by atoms with E-state index in [9.17, 15) is 14.4 Å². The summed E-state index contributed by atoms with van der Waals surface area (Å²) in [4.78, 5) is 52.1. The molecule has 0 bridgehead atoms. The predicted molar refractivity (Wildman–Crippen MR) is 191 cm³/mol. The van der Waals surface area contributed by atoms with Gasteiger partial charge in [0.15, 0.2) is 0 Å². The first-order valence-electron chi connectivity index (χ1n) is 16.7. The van der Waals surface area contributed by atoms with E-state index in [1.165, 1.54) is 12.4 Å². The molecule has 2 aromatic carbocycles. The molecule has 0 saturated carbocycles. The number of hydrogen-bond acceptors (Lipinski definition) is 8. The van der Waals surface area contributed by atoms with E-state index in [4.69, 9.17) is 4.74 Å². The molecule has 1 saturated heterocycles. The highest BCUT2D eigenvalue weighted by Gasteiger charge is 2.31. The molecule has 11 heteroatoms. The maximum atomic E-state index is 13.4. The summed E-state index contributed by atoms with van der Waals surface area (Å²) in [6.07, 6.45) is 14.8. The second-order valence-electron chi connectivity index (χ2n) is 13.6. The number of nitrogens with zero attached hydrogens (tertiary/aromatic N) is 4. The fourth-order valence-corrected chi connectivity index (χ4v) is 6.34. The Morgan fingerprint density at radius 1 is 0.939 bits per heavy atom. The molecule has 2 aliphatic heterocycles. The zero-order valence-corrected chi connectivity index (χ0v) is 28.3. The monoisotopic (exact) mass is 661 g/mol. The average Bonchev–Trinajstić information content (AvgIpc) is 3.51. The highest BCUT2D eigenvalue weighted by atomic mass is 16.6. The number of aromatic nitrogens is 2. The van der Waals surface area contributed by atoms with Crippen molar-refractivity contribution in [3.8, 4) is 11.1 Å². The summed E-state index contributed by atoms with van der Waals surface area (Å²) >= 11 is 0. The maximum absolute atomic E-state index is 13.4. The number of carbonyl (C=O) groups excluding carboxylic acids is 3. The van der Waals surface area contributed by atoms with Crippen molar-refractivity contribution in [1.82, 2.24) is 20.2 Å². The van der Waals surface area contributed by atoms with Crippen LogP contribution >= 0.6 is 0 Å². The molecule has 254 valence electrons. The fourth-order valence-electron chi connectivity index (χ4n) is 6.34. The number of rotatable bonds is 8. The largest absolute Gasteiger partial charge is 0.444 e. The lowest BCUT2D eigenvalue weighted by molar-refractivity contribution is -0.131. The summed E-state index contributed by atoms with van der Waals surface area (Å²) in [5.41, 5.74) is 3.35. The van der Waals surface area contributed by atoms with E-state index in [2.05, 4.69) is 38.1 Å². The van der Waals surface area contributed by atoms with Gasteiger partial charge >= 0.3 is 6.09 Å². The predicted octanol–water partition coefficient (Wildman–Crippen LogP) is 6.16. The van der Waals surface area contributed by atoms with Crippen LogP contribution < -0.4 is 20.9 Å². The quantitative estimate of drug-likeness (QED) is 0.262. The number of amides is 3. The smallest absolute Gasteiger partial charge is 0.412 e. The van der Waals surface area contributed by atoms with E-state index in [1.807, 2.05) is 77.7 Å². The van der Waals surface area contributed by atoms with Gasteiger partial charge in [0.25, 0.3) is 5.91 Å². The molecule has 3 N–H and O–H groups in total. The Morgan fingerprint density at radius 3 is 2.37 bits per heavy atom. The van der Waals surface area contributed by atoms with Gasteiger partial charge in [-0.2, -0.15) is 0 Å². The summed E-state index contributed by atoms with van der Waals surface area (Å²) in [7, 11) is 1.94. The van der Waals surface area contributed by atoms with Crippen molar-refractivity contribution < 1.29 is 19.1 Å². The SMILES string of the molecule is CN(c1ncc(C(=O)Nc2cc(-c3ccccc3)ccc2NC(=O)OC(C)(C)C)cn1)C1CCN(C(=O)CC2=CNC3C=CC=CC23)CC1. The third-order valence-electron chi connectivity index (χ3n) is 8.97.